The first-order valence-corrected chi connectivity index (χ1v) is 6.00. The average molecular weight is 224 g/mol. The predicted octanol–water partition coefficient (Wildman–Crippen LogP) is 4.02. The van der Waals surface area contributed by atoms with Gasteiger partial charge in [0.2, 0.25) is 0 Å². The number of rotatable bonds is 7. The molecule has 0 saturated carbocycles. The fourth-order valence-electron chi connectivity index (χ4n) is 1.36. The summed E-state index contributed by atoms with van der Waals surface area (Å²) in [7, 11) is 0. The molecule has 92 valence electrons. The molecule has 0 unspecified atom stereocenters. The summed E-state index contributed by atoms with van der Waals surface area (Å²) in [5, 5.41) is 0. The second-order valence-electron chi connectivity index (χ2n) is 4.21. The first kappa shape index (κ1) is 14.9. The number of carbonyl (C=O) groups is 1. The molecule has 0 spiro atoms. The summed E-state index contributed by atoms with van der Waals surface area (Å²) in [5.74, 6) is -0.101. The molecule has 2 heteroatoms. The fraction of sp³-hybridized carbons (Fsp3) is 0.643. The van der Waals surface area contributed by atoms with Crippen molar-refractivity contribution in [1.29, 1.82) is 0 Å². The molecule has 0 N–H and O–H groups in total. The van der Waals surface area contributed by atoms with E-state index in [0.717, 1.165) is 19.3 Å². The second-order valence-corrected chi connectivity index (χ2v) is 4.21. The van der Waals surface area contributed by atoms with Crippen molar-refractivity contribution in [3.8, 4) is 0 Å². The molecular weight excluding hydrogens is 200 g/mol. The summed E-state index contributed by atoms with van der Waals surface area (Å²) in [4.78, 5) is 11.1. The molecule has 0 aliphatic rings. The van der Waals surface area contributed by atoms with E-state index in [4.69, 9.17) is 4.74 Å². The molecule has 0 bridgehead atoms. The van der Waals surface area contributed by atoms with Gasteiger partial charge >= 0.3 is 5.97 Å². The van der Waals surface area contributed by atoms with Crippen LogP contribution in [0.1, 0.15) is 53.4 Å². The van der Waals surface area contributed by atoms with E-state index in [1.807, 2.05) is 6.92 Å². The van der Waals surface area contributed by atoms with Gasteiger partial charge in [0.05, 0.1) is 6.61 Å². The number of esters is 1. The Morgan fingerprint density at radius 1 is 1.06 bits per heavy atom. The normalized spacial score (nSPS) is 11.1. The number of carbonyl (C=O) groups excluding carboxylic acids is 1. The molecule has 2 nitrogen and oxygen atoms in total. The molecular formula is C14H24O2. The minimum absolute atomic E-state index is 0.101. The number of ether oxygens (including phenoxy) is 1. The van der Waals surface area contributed by atoms with Gasteiger partial charge in [0.1, 0.15) is 0 Å². The lowest BCUT2D eigenvalue weighted by Gasteiger charge is -2.01. The third-order valence-electron chi connectivity index (χ3n) is 2.24. The largest absolute Gasteiger partial charge is 0.466 e. The van der Waals surface area contributed by atoms with Crippen molar-refractivity contribution in [2.45, 2.75) is 53.4 Å². The molecule has 0 saturated heterocycles. The lowest BCUT2D eigenvalue weighted by Crippen LogP contribution is -2.02. The minimum Gasteiger partial charge on any atom is -0.466 e. The topological polar surface area (TPSA) is 26.3 Å². The molecule has 0 radical (unpaired) electrons. The number of hydrogen-bond donors (Lipinski definition) is 0. The molecule has 0 rings (SSSR count). The van der Waals surface area contributed by atoms with Crippen molar-refractivity contribution in [2.75, 3.05) is 6.61 Å². The van der Waals surface area contributed by atoms with E-state index < -0.39 is 0 Å². The first-order valence-electron chi connectivity index (χ1n) is 6.00. The summed E-state index contributed by atoms with van der Waals surface area (Å²) in [6, 6.07) is 0. The van der Waals surface area contributed by atoms with Crippen LogP contribution >= 0.6 is 0 Å². The highest BCUT2D eigenvalue weighted by Crippen LogP contribution is 2.08. The molecule has 0 aliphatic heterocycles. The average Bonchev–Trinajstić information content (AvgIpc) is 2.17. The van der Waals surface area contributed by atoms with Gasteiger partial charge in [0, 0.05) is 6.42 Å². The van der Waals surface area contributed by atoms with Crippen LogP contribution in [0.2, 0.25) is 0 Å². The zero-order valence-electron chi connectivity index (χ0n) is 11.0. The van der Waals surface area contributed by atoms with E-state index in [1.165, 1.54) is 11.1 Å². The van der Waals surface area contributed by atoms with Crippen LogP contribution in [-0.2, 0) is 9.53 Å². The third kappa shape index (κ3) is 9.50. The van der Waals surface area contributed by atoms with E-state index in [9.17, 15) is 4.79 Å². The van der Waals surface area contributed by atoms with Crippen LogP contribution in [0.15, 0.2) is 23.3 Å². The summed E-state index contributed by atoms with van der Waals surface area (Å²) in [6.07, 6.45) is 7.82. The zero-order chi connectivity index (χ0) is 12.4. The standard InChI is InChI=1S/C14H24O2/c1-5-16-14(15)11-7-10-13(4)9-6-8-12(2)3/h8,10H,5-7,9,11H2,1-4H3/b13-10-. The van der Waals surface area contributed by atoms with Gasteiger partial charge in [-0.2, -0.15) is 0 Å². The summed E-state index contributed by atoms with van der Waals surface area (Å²) >= 11 is 0. The Bertz CT molecular complexity index is 258. The Kier molecular flexibility index (Phi) is 8.59. The highest BCUT2D eigenvalue weighted by Gasteiger charge is 1.98. The quantitative estimate of drug-likeness (QED) is 0.482. The van der Waals surface area contributed by atoms with E-state index in [0.29, 0.717) is 13.0 Å². The van der Waals surface area contributed by atoms with E-state index >= 15 is 0 Å². The molecule has 0 amide bonds. The van der Waals surface area contributed by atoms with Crippen LogP contribution in [0.5, 0.6) is 0 Å². The molecule has 0 fully saturated rings. The van der Waals surface area contributed by atoms with E-state index in [1.54, 1.807) is 0 Å². The monoisotopic (exact) mass is 224 g/mol. The van der Waals surface area contributed by atoms with Gasteiger partial charge in [-0.05, 0) is 47.0 Å². The Balaban J connectivity index is 3.70. The van der Waals surface area contributed by atoms with Crippen LogP contribution in [-0.4, -0.2) is 12.6 Å². The Labute approximate surface area is 99.4 Å². The van der Waals surface area contributed by atoms with Crippen LogP contribution in [0.3, 0.4) is 0 Å². The van der Waals surface area contributed by atoms with Gasteiger partial charge in [-0.25, -0.2) is 0 Å². The van der Waals surface area contributed by atoms with Gasteiger partial charge in [-0.1, -0.05) is 23.3 Å². The summed E-state index contributed by atoms with van der Waals surface area (Å²) in [5.41, 5.74) is 2.71. The first-order chi connectivity index (χ1) is 7.56. The van der Waals surface area contributed by atoms with Crippen LogP contribution in [0.25, 0.3) is 0 Å². The van der Waals surface area contributed by atoms with Crippen LogP contribution in [0.4, 0.5) is 0 Å². The number of hydrogen-bond acceptors (Lipinski definition) is 2. The maximum absolute atomic E-state index is 11.1. The zero-order valence-corrected chi connectivity index (χ0v) is 11.0. The SMILES string of the molecule is CCOC(=O)CC/C=C(/C)CCC=C(C)C. The van der Waals surface area contributed by atoms with Crippen molar-refractivity contribution in [2.24, 2.45) is 0 Å². The molecule has 0 heterocycles. The molecule has 16 heavy (non-hydrogen) atoms. The van der Waals surface area contributed by atoms with Gasteiger partial charge < -0.3 is 4.74 Å². The van der Waals surface area contributed by atoms with Gasteiger partial charge in [0.15, 0.2) is 0 Å². The molecule has 0 aromatic carbocycles. The minimum atomic E-state index is -0.101. The summed E-state index contributed by atoms with van der Waals surface area (Å²) < 4.78 is 4.86. The van der Waals surface area contributed by atoms with Crippen LogP contribution < -0.4 is 0 Å². The Hall–Kier alpha value is -1.05. The lowest BCUT2D eigenvalue weighted by molar-refractivity contribution is -0.142. The van der Waals surface area contributed by atoms with Crippen LogP contribution in [0, 0.1) is 0 Å². The van der Waals surface area contributed by atoms with Crippen molar-refractivity contribution < 1.29 is 9.53 Å². The van der Waals surface area contributed by atoms with Gasteiger partial charge in [-0.15, -0.1) is 0 Å². The second kappa shape index (κ2) is 9.20. The van der Waals surface area contributed by atoms with E-state index in [2.05, 4.69) is 32.9 Å². The highest BCUT2D eigenvalue weighted by atomic mass is 16.5. The molecule has 0 atom stereocenters. The van der Waals surface area contributed by atoms with Crippen molar-refractivity contribution in [3.05, 3.63) is 23.3 Å². The molecule has 0 aromatic rings. The summed E-state index contributed by atoms with van der Waals surface area (Å²) in [6.45, 7) is 8.64. The number of allylic oxidation sites excluding steroid dienone is 4. The van der Waals surface area contributed by atoms with Gasteiger partial charge in [-0.3, -0.25) is 4.79 Å². The fourth-order valence-corrected chi connectivity index (χ4v) is 1.36. The van der Waals surface area contributed by atoms with Gasteiger partial charge in [0.25, 0.3) is 0 Å². The maximum Gasteiger partial charge on any atom is 0.306 e. The van der Waals surface area contributed by atoms with Crippen molar-refractivity contribution in [1.82, 2.24) is 0 Å². The van der Waals surface area contributed by atoms with E-state index in [-0.39, 0.29) is 5.97 Å². The van der Waals surface area contributed by atoms with Crippen molar-refractivity contribution in [3.63, 3.8) is 0 Å². The predicted molar refractivity (Wildman–Crippen MR) is 68.3 cm³/mol. The smallest absolute Gasteiger partial charge is 0.306 e. The molecule has 0 aromatic heterocycles. The third-order valence-corrected chi connectivity index (χ3v) is 2.24. The highest BCUT2D eigenvalue weighted by molar-refractivity contribution is 5.69. The molecule has 0 aliphatic carbocycles. The Morgan fingerprint density at radius 3 is 2.25 bits per heavy atom. The lowest BCUT2D eigenvalue weighted by atomic mass is 10.1. The Morgan fingerprint density at radius 2 is 1.69 bits per heavy atom. The maximum atomic E-state index is 11.1. The van der Waals surface area contributed by atoms with Crippen molar-refractivity contribution >= 4 is 5.97 Å².